The minimum Gasteiger partial charge on any atom is -1.00 e. The van der Waals surface area contributed by atoms with Crippen molar-refractivity contribution < 1.29 is 29.0 Å². The van der Waals surface area contributed by atoms with Crippen molar-refractivity contribution in [3.8, 4) is 0 Å². The molecule has 3 N–H and O–H groups in total. The molecule has 1 rings (SSSR count). The zero-order valence-corrected chi connectivity index (χ0v) is 6.79. The third kappa shape index (κ3) is 1.93. The average Bonchev–Trinajstić information content (AvgIpc) is 1.87. The predicted octanol–water partition coefficient (Wildman–Crippen LogP) is -5.40. The van der Waals surface area contributed by atoms with Crippen LogP contribution in [0.2, 0.25) is 0 Å². The molecule has 1 unspecified atom stereocenters. The second kappa shape index (κ2) is 3.21. The molecule has 0 saturated carbocycles. The van der Waals surface area contributed by atoms with Gasteiger partial charge in [0.15, 0.2) is 13.0 Å². The van der Waals surface area contributed by atoms with Crippen LogP contribution in [-0.2, 0) is 0 Å². The summed E-state index contributed by atoms with van der Waals surface area (Å²) in [6.07, 6.45) is 1.62. The molecule has 48 valence electrons. The van der Waals surface area contributed by atoms with Crippen molar-refractivity contribution in [1.29, 1.82) is 0 Å². The first-order valence-electron chi connectivity index (χ1n) is 2.17. The van der Waals surface area contributed by atoms with Gasteiger partial charge in [0.2, 0.25) is 0 Å². The van der Waals surface area contributed by atoms with E-state index >= 15 is 0 Å². The van der Waals surface area contributed by atoms with Crippen LogP contribution < -0.4 is 34.8 Å². The van der Waals surface area contributed by atoms with E-state index < -0.39 is 0 Å². The van der Waals surface area contributed by atoms with E-state index in [1.807, 2.05) is 7.05 Å². The minimum absolute atomic E-state index is 0. The Bertz CT molecular complexity index is 83.3. The van der Waals surface area contributed by atoms with Crippen molar-refractivity contribution in [3.05, 3.63) is 0 Å². The molecular formula is C3H9IN4. The summed E-state index contributed by atoms with van der Waals surface area (Å²) in [4.78, 5) is 0. The maximum absolute atomic E-state index is 5.29. The molecule has 0 bridgehead atoms. The molecule has 0 aliphatic carbocycles. The molecule has 1 atom stereocenters. The third-order valence-corrected chi connectivity index (χ3v) is 0.838. The lowest BCUT2D eigenvalue weighted by Crippen LogP contribution is -3.03. The first-order chi connectivity index (χ1) is 3.29. The highest BCUT2D eigenvalue weighted by molar-refractivity contribution is 5.53. The summed E-state index contributed by atoms with van der Waals surface area (Å²) >= 11 is 0. The van der Waals surface area contributed by atoms with Gasteiger partial charge in [0.05, 0.1) is 7.05 Å². The van der Waals surface area contributed by atoms with Gasteiger partial charge < -0.3 is 24.0 Å². The first kappa shape index (κ1) is 8.12. The van der Waals surface area contributed by atoms with Crippen molar-refractivity contribution in [3.63, 3.8) is 0 Å². The normalized spacial score (nSPS) is 25.8. The largest absolute Gasteiger partial charge is 1.00 e. The monoisotopic (exact) mass is 228 g/mol. The van der Waals surface area contributed by atoms with Gasteiger partial charge in [-0.15, -0.1) is 0 Å². The third-order valence-electron chi connectivity index (χ3n) is 0.838. The average molecular weight is 228 g/mol. The highest BCUT2D eigenvalue weighted by Crippen LogP contribution is 1.65. The molecule has 8 heavy (non-hydrogen) atoms. The Morgan fingerprint density at radius 1 is 1.88 bits per heavy atom. The summed E-state index contributed by atoms with van der Waals surface area (Å²) < 4.78 is 0. The second-order valence-corrected chi connectivity index (χ2v) is 1.65. The Morgan fingerprint density at radius 3 is 2.62 bits per heavy atom. The van der Waals surface area contributed by atoms with Gasteiger partial charge in [-0.1, -0.05) is 5.10 Å². The van der Waals surface area contributed by atoms with Gasteiger partial charge in [-0.25, -0.2) is 10.9 Å². The van der Waals surface area contributed by atoms with E-state index in [2.05, 4.69) is 5.10 Å². The van der Waals surface area contributed by atoms with E-state index in [0.717, 1.165) is 11.7 Å². The van der Waals surface area contributed by atoms with Crippen molar-refractivity contribution in [2.45, 2.75) is 0 Å². The van der Waals surface area contributed by atoms with Gasteiger partial charge in [-0.05, 0) is 0 Å². The molecule has 1 aliphatic rings. The van der Waals surface area contributed by atoms with Crippen LogP contribution in [0.5, 0.6) is 0 Å². The fraction of sp³-hybridized carbons (Fsp3) is 0.667. The summed E-state index contributed by atoms with van der Waals surface area (Å²) in [5, 5.41) is 6.53. The fourth-order valence-electron chi connectivity index (χ4n) is 0.519. The van der Waals surface area contributed by atoms with Crippen LogP contribution in [0.25, 0.3) is 0 Å². The Labute approximate surface area is 65.3 Å². The molecule has 0 aromatic rings. The van der Waals surface area contributed by atoms with E-state index in [1.54, 1.807) is 11.3 Å². The van der Waals surface area contributed by atoms with Crippen molar-refractivity contribution in [2.24, 2.45) is 10.9 Å². The number of quaternary nitrogens is 1. The molecule has 0 saturated heterocycles. The number of hydrogen-bond acceptors (Lipinski definition) is 3. The van der Waals surface area contributed by atoms with Crippen LogP contribution in [-0.4, -0.2) is 25.1 Å². The van der Waals surface area contributed by atoms with E-state index in [1.165, 1.54) is 0 Å². The van der Waals surface area contributed by atoms with Crippen LogP contribution >= 0.6 is 0 Å². The summed E-state index contributed by atoms with van der Waals surface area (Å²) in [6.45, 7) is 0.778. The van der Waals surface area contributed by atoms with E-state index in [9.17, 15) is 0 Å². The Morgan fingerprint density at radius 2 is 2.50 bits per heavy atom. The second-order valence-electron chi connectivity index (χ2n) is 1.65. The van der Waals surface area contributed by atoms with Gasteiger partial charge in [-0.3, -0.25) is 0 Å². The van der Waals surface area contributed by atoms with Gasteiger partial charge >= 0.3 is 0 Å². The lowest BCUT2D eigenvalue weighted by molar-refractivity contribution is -0.887. The van der Waals surface area contributed by atoms with Crippen LogP contribution in [0.1, 0.15) is 0 Å². The highest BCUT2D eigenvalue weighted by atomic mass is 127. The molecule has 0 aromatic heterocycles. The molecule has 4 nitrogen and oxygen atoms in total. The maximum atomic E-state index is 5.29. The summed E-state index contributed by atoms with van der Waals surface area (Å²) in [7, 11) is 1.95. The van der Waals surface area contributed by atoms with Crippen LogP contribution in [0, 0.1) is 0 Å². The Balaban J connectivity index is 0.000000490. The summed E-state index contributed by atoms with van der Waals surface area (Å²) in [5.41, 5.74) is 0. The molecule has 1 heterocycles. The number of hydrazine groups is 1. The molecular weight excluding hydrogens is 219 g/mol. The van der Waals surface area contributed by atoms with Crippen LogP contribution in [0.15, 0.2) is 5.10 Å². The van der Waals surface area contributed by atoms with Gasteiger partial charge in [0.1, 0.15) is 0 Å². The molecule has 0 spiro atoms. The lowest BCUT2D eigenvalue weighted by Gasteiger charge is -2.01. The molecule has 5 heteroatoms. The number of halogens is 1. The number of nitrogens with two attached hydrogens (primary N) is 1. The van der Waals surface area contributed by atoms with Gasteiger partial charge in [-0.2, -0.15) is 5.01 Å². The van der Waals surface area contributed by atoms with Gasteiger partial charge in [0.25, 0.3) is 0 Å². The standard InChI is InChI=1S/C3H8N4.HI/c1-6-3-7(4)2-5-6;/h2H,3-4H2,1H3;1H. The maximum Gasteiger partial charge on any atom is 0.191 e. The van der Waals surface area contributed by atoms with Crippen molar-refractivity contribution in [2.75, 3.05) is 13.7 Å². The summed E-state index contributed by atoms with van der Waals surface area (Å²) in [5.74, 6) is 5.29. The Kier molecular flexibility index (Phi) is 3.25. The Hall–Kier alpha value is 0.120. The molecule has 0 amide bonds. The number of nitrogens with zero attached hydrogens (tertiary/aromatic N) is 2. The topological polar surface area (TPSA) is 46.1 Å². The van der Waals surface area contributed by atoms with Crippen LogP contribution in [0.3, 0.4) is 0 Å². The summed E-state index contributed by atoms with van der Waals surface area (Å²) in [6, 6.07) is 0. The van der Waals surface area contributed by atoms with E-state index in [0.29, 0.717) is 0 Å². The zero-order chi connectivity index (χ0) is 5.28. The SMILES string of the molecule is C[NH+]1CN(N)C=N1.[I-]. The molecule has 0 aromatic carbocycles. The number of rotatable bonds is 0. The van der Waals surface area contributed by atoms with Crippen molar-refractivity contribution >= 4 is 6.34 Å². The number of nitrogens with one attached hydrogen (secondary N) is 1. The zero-order valence-electron chi connectivity index (χ0n) is 4.63. The first-order valence-corrected chi connectivity index (χ1v) is 2.17. The fourth-order valence-corrected chi connectivity index (χ4v) is 0.519. The molecule has 0 radical (unpaired) electrons. The highest BCUT2D eigenvalue weighted by Gasteiger charge is 2.08. The van der Waals surface area contributed by atoms with Crippen molar-refractivity contribution in [1.82, 2.24) is 5.01 Å². The number of hydrogen-bond donors (Lipinski definition) is 2. The molecule has 1 aliphatic heterocycles. The predicted molar refractivity (Wildman–Crippen MR) is 26.3 cm³/mol. The smallest absolute Gasteiger partial charge is 0.191 e. The van der Waals surface area contributed by atoms with E-state index in [-0.39, 0.29) is 24.0 Å². The minimum atomic E-state index is 0. The van der Waals surface area contributed by atoms with Crippen LogP contribution in [0.4, 0.5) is 0 Å². The quantitative estimate of drug-likeness (QED) is 0.321. The van der Waals surface area contributed by atoms with Gasteiger partial charge in [0, 0.05) is 0 Å². The lowest BCUT2D eigenvalue weighted by atomic mass is 11.0. The van der Waals surface area contributed by atoms with E-state index in [4.69, 9.17) is 5.84 Å². The molecule has 0 fully saturated rings.